The van der Waals surface area contributed by atoms with E-state index in [1.165, 1.54) is 12.3 Å². The van der Waals surface area contributed by atoms with Gasteiger partial charge in [0.25, 0.3) is 0 Å². The molecule has 0 bridgehead atoms. The Kier molecular flexibility index (Phi) is 3.86. The van der Waals surface area contributed by atoms with Crippen molar-refractivity contribution < 1.29 is 4.39 Å². The Morgan fingerprint density at radius 3 is 2.74 bits per heavy atom. The lowest BCUT2D eigenvalue weighted by molar-refractivity contribution is 0.602. The highest BCUT2D eigenvalue weighted by Crippen LogP contribution is 2.26. The maximum absolute atomic E-state index is 14.1. The van der Waals surface area contributed by atoms with Crippen molar-refractivity contribution in [3.8, 4) is 17.3 Å². The Bertz CT molecular complexity index is 1210. The summed E-state index contributed by atoms with van der Waals surface area (Å²) in [5, 5.41) is 9.06. The number of imidazole rings is 1. The van der Waals surface area contributed by atoms with E-state index in [9.17, 15) is 4.39 Å². The van der Waals surface area contributed by atoms with E-state index < -0.39 is 5.82 Å². The van der Waals surface area contributed by atoms with Gasteiger partial charge in [0.1, 0.15) is 28.8 Å². The van der Waals surface area contributed by atoms with Crippen molar-refractivity contribution in [3.05, 3.63) is 59.9 Å². The smallest absolute Gasteiger partial charge is 0.222 e. The van der Waals surface area contributed by atoms with Gasteiger partial charge in [-0.1, -0.05) is 6.07 Å². The summed E-state index contributed by atoms with van der Waals surface area (Å²) in [6, 6.07) is 9.81. The number of nitriles is 1. The molecule has 0 aliphatic rings. The third-order valence-electron chi connectivity index (χ3n) is 4.05. The van der Waals surface area contributed by atoms with Crippen LogP contribution in [-0.2, 0) is 6.54 Å². The number of halogens is 1. The highest BCUT2D eigenvalue weighted by atomic mass is 19.1. The molecule has 0 fully saturated rings. The van der Waals surface area contributed by atoms with E-state index in [-0.39, 0.29) is 18.2 Å². The molecule has 0 spiro atoms. The van der Waals surface area contributed by atoms with Crippen LogP contribution in [0.3, 0.4) is 0 Å². The second kappa shape index (κ2) is 6.34. The molecule has 0 aliphatic carbocycles. The van der Waals surface area contributed by atoms with Crippen molar-refractivity contribution in [1.82, 2.24) is 24.5 Å². The Labute approximate surface area is 152 Å². The van der Waals surface area contributed by atoms with Gasteiger partial charge in [0.15, 0.2) is 5.65 Å². The first kappa shape index (κ1) is 16.4. The molecule has 3 heterocycles. The van der Waals surface area contributed by atoms with Crippen LogP contribution < -0.4 is 11.5 Å². The van der Waals surface area contributed by atoms with Gasteiger partial charge in [-0.3, -0.25) is 0 Å². The summed E-state index contributed by atoms with van der Waals surface area (Å²) >= 11 is 0. The highest BCUT2D eigenvalue weighted by Gasteiger charge is 2.15. The van der Waals surface area contributed by atoms with Crippen LogP contribution >= 0.6 is 0 Å². The molecule has 0 saturated heterocycles. The minimum Gasteiger partial charge on any atom is -0.399 e. The van der Waals surface area contributed by atoms with E-state index in [2.05, 4.69) is 19.9 Å². The van der Waals surface area contributed by atoms with Crippen LogP contribution in [0.15, 0.2) is 42.9 Å². The largest absolute Gasteiger partial charge is 0.399 e. The molecule has 132 valence electrons. The summed E-state index contributed by atoms with van der Waals surface area (Å²) in [6.45, 7) is 0.207. The number of benzene rings is 1. The average Bonchev–Trinajstić information content (AvgIpc) is 3.06. The normalized spacial score (nSPS) is 10.8. The highest BCUT2D eigenvalue weighted by molar-refractivity contribution is 5.88. The van der Waals surface area contributed by atoms with E-state index >= 15 is 0 Å². The van der Waals surface area contributed by atoms with Crippen molar-refractivity contribution in [3.63, 3.8) is 0 Å². The molecule has 1 aromatic carbocycles. The van der Waals surface area contributed by atoms with Gasteiger partial charge in [-0.25, -0.2) is 19.3 Å². The first-order valence-electron chi connectivity index (χ1n) is 7.94. The zero-order chi connectivity index (χ0) is 19.0. The maximum atomic E-state index is 14.1. The lowest BCUT2D eigenvalue weighted by Crippen LogP contribution is -2.05. The number of fused-ring (bicyclic) bond motifs is 1. The van der Waals surface area contributed by atoms with E-state index in [0.717, 1.165) is 0 Å². The van der Waals surface area contributed by atoms with Crippen molar-refractivity contribution in [2.24, 2.45) is 0 Å². The van der Waals surface area contributed by atoms with E-state index in [1.807, 2.05) is 6.07 Å². The van der Waals surface area contributed by atoms with Gasteiger partial charge >= 0.3 is 0 Å². The van der Waals surface area contributed by atoms with E-state index in [1.54, 1.807) is 35.2 Å². The topological polar surface area (TPSA) is 132 Å². The SMILES string of the molecule is N#Cc1cc(-c2nc(N)nc3c2ncn3Cc2ccc(N)cc2F)ccn1. The van der Waals surface area contributed by atoms with Crippen molar-refractivity contribution in [2.75, 3.05) is 11.5 Å². The van der Waals surface area contributed by atoms with Gasteiger partial charge in [-0.2, -0.15) is 10.2 Å². The molecule has 8 nitrogen and oxygen atoms in total. The number of nitrogens with two attached hydrogens (primary N) is 2. The standard InChI is InChI=1S/C18H13FN8/c19-14-6-12(21)2-1-11(14)8-27-9-24-16-15(25-18(22)26-17(16)27)10-3-4-23-13(5-10)7-20/h1-6,9H,8,21H2,(H2,22,25,26). The second-order valence-corrected chi connectivity index (χ2v) is 5.87. The summed E-state index contributed by atoms with van der Waals surface area (Å²) in [4.78, 5) is 16.8. The molecule has 0 amide bonds. The van der Waals surface area contributed by atoms with Crippen LogP contribution in [0, 0.1) is 17.1 Å². The molecule has 0 aliphatic heterocycles. The molecule has 4 aromatic rings. The first-order valence-corrected chi connectivity index (χ1v) is 7.94. The Morgan fingerprint density at radius 1 is 1.11 bits per heavy atom. The van der Waals surface area contributed by atoms with Crippen LogP contribution in [0.2, 0.25) is 0 Å². The first-order chi connectivity index (χ1) is 13.0. The molecule has 0 radical (unpaired) electrons. The van der Waals surface area contributed by atoms with Gasteiger partial charge in [0, 0.05) is 23.0 Å². The molecule has 0 atom stereocenters. The van der Waals surface area contributed by atoms with Crippen LogP contribution in [0.1, 0.15) is 11.3 Å². The van der Waals surface area contributed by atoms with Crippen molar-refractivity contribution >= 4 is 22.8 Å². The maximum Gasteiger partial charge on any atom is 0.222 e. The van der Waals surface area contributed by atoms with E-state index in [4.69, 9.17) is 16.7 Å². The second-order valence-electron chi connectivity index (χ2n) is 5.87. The summed E-state index contributed by atoms with van der Waals surface area (Å²) in [5.41, 5.74) is 14.6. The lowest BCUT2D eigenvalue weighted by Gasteiger charge is -2.08. The zero-order valence-electron chi connectivity index (χ0n) is 14.0. The molecule has 27 heavy (non-hydrogen) atoms. The number of pyridine rings is 1. The van der Waals surface area contributed by atoms with Crippen LogP contribution in [-0.4, -0.2) is 24.5 Å². The number of aromatic nitrogens is 5. The number of hydrogen-bond donors (Lipinski definition) is 2. The Hall–Kier alpha value is -4.06. The van der Waals surface area contributed by atoms with E-state index in [0.29, 0.717) is 33.7 Å². The zero-order valence-corrected chi connectivity index (χ0v) is 14.0. The fourth-order valence-electron chi connectivity index (χ4n) is 2.79. The average molecular weight is 360 g/mol. The van der Waals surface area contributed by atoms with Crippen LogP contribution in [0.5, 0.6) is 0 Å². The predicted molar refractivity (Wildman–Crippen MR) is 97.6 cm³/mol. The number of rotatable bonds is 3. The quantitative estimate of drug-likeness (QED) is 0.535. The fraction of sp³-hybridized carbons (Fsp3) is 0.0556. The lowest BCUT2D eigenvalue weighted by atomic mass is 10.1. The molecule has 9 heteroatoms. The van der Waals surface area contributed by atoms with Gasteiger partial charge in [-0.15, -0.1) is 0 Å². The minimum absolute atomic E-state index is 0.0485. The fourth-order valence-corrected chi connectivity index (χ4v) is 2.79. The van der Waals surface area contributed by atoms with Crippen LogP contribution in [0.25, 0.3) is 22.4 Å². The minimum atomic E-state index is -0.410. The van der Waals surface area contributed by atoms with Gasteiger partial charge in [0.2, 0.25) is 5.95 Å². The summed E-state index contributed by atoms with van der Waals surface area (Å²) in [5.74, 6) is -0.362. The Balaban J connectivity index is 1.84. The molecule has 0 unspecified atom stereocenters. The molecule has 0 saturated carbocycles. The monoisotopic (exact) mass is 360 g/mol. The van der Waals surface area contributed by atoms with Gasteiger partial charge < -0.3 is 16.0 Å². The number of nitrogens with zero attached hydrogens (tertiary/aromatic N) is 6. The number of anilines is 2. The van der Waals surface area contributed by atoms with Gasteiger partial charge in [-0.05, 0) is 24.3 Å². The number of hydrogen-bond acceptors (Lipinski definition) is 7. The summed E-state index contributed by atoms with van der Waals surface area (Å²) < 4.78 is 15.8. The summed E-state index contributed by atoms with van der Waals surface area (Å²) in [7, 11) is 0. The van der Waals surface area contributed by atoms with Crippen molar-refractivity contribution in [2.45, 2.75) is 6.54 Å². The molecule has 4 N–H and O–H groups in total. The third kappa shape index (κ3) is 3.00. The third-order valence-corrected chi connectivity index (χ3v) is 4.05. The predicted octanol–water partition coefficient (Wildman–Crippen LogP) is 2.11. The van der Waals surface area contributed by atoms with Crippen molar-refractivity contribution in [1.29, 1.82) is 5.26 Å². The van der Waals surface area contributed by atoms with Gasteiger partial charge in [0.05, 0.1) is 12.9 Å². The molecular formula is C18H13FN8. The van der Waals surface area contributed by atoms with Crippen LogP contribution in [0.4, 0.5) is 16.0 Å². The molecule has 3 aromatic heterocycles. The summed E-state index contributed by atoms with van der Waals surface area (Å²) in [6.07, 6.45) is 3.06. The number of nitrogen functional groups attached to an aromatic ring is 2. The Morgan fingerprint density at radius 2 is 1.96 bits per heavy atom. The molecular weight excluding hydrogens is 347 g/mol. The molecule has 4 rings (SSSR count).